The molecule has 0 N–H and O–H groups in total. The molecular formula is C30H18N2O2S2. The third-order valence-corrected chi connectivity index (χ3v) is 8.82. The van der Waals surface area contributed by atoms with Gasteiger partial charge in [-0.15, -0.1) is 11.3 Å². The van der Waals surface area contributed by atoms with Gasteiger partial charge in [-0.05, 0) is 52.1 Å². The Balaban J connectivity index is 1.21. The van der Waals surface area contributed by atoms with E-state index in [2.05, 4.69) is 42.5 Å². The highest BCUT2D eigenvalue weighted by Gasteiger charge is 2.34. The van der Waals surface area contributed by atoms with Gasteiger partial charge >= 0.3 is 0 Å². The Morgan fingerprint density at radius 1 is 0.750 bits per heavy atom. The van der Waals surface area contributed by atoms with Crippen molar-refractivity contribution in [1.29, 1.82) is 0 Å². The number of hydrogen-bond acceptors (Lipinski definition) is 5. The van der Waals surface area contributed by atoms with Crippen LogP contribution in [0.2, 0.25) is 0 Å². The average Bonchev–Trinajstić information content (AvgIpc) is 3.33. The molecule has 0 saturated carbocycles. The highest BCUT2D eigenvalue weighted by Crippen LogP contribution is 2.37. The fourth-order valence-corrected chi connectivity index (χ4v) is 7.02. The van der Waals surface area contributed by atoms with E-state index in [0.717, 1.165) is 31.1 Å². The van der Waals surface area contributed by atoms with Crippen LogP contribution < -0.4 is 4.90 Å². The summed E-state index contributed by atoms with van der Waals surface area (Å²) in [6.45, 7) is 0. The molecule has 0 unspecified atom stereocenters. The average molecular weight is 503 g/mol. The van der Waals surface area contributed by atoms with Crippen LogP contribution in [0.3, 0.4) is 0 Å². The van der Waals surface area contributed by atoms with Gasteiger partial charge in [-0.25, -0.2) is 9.88 Å². The van der Waals surface area contributed by atoms with E-state index in [0.29, 0.717) is 16.8 Å². The molecule has 0 aliphatic carbocycles. The number of thiazole rings is 1. The minimum Gasteiger partial charge on any atom is -0.268 e. The second kappa shape index (κ2) is 8.29. The van der Waals surface area contributed by atoms with Gasteiger partial charge in [0.2, 0.25) is 0 Å². The maximum atomic E-state index is 13.4. The van der Waals surface area contributed by atoms with Gasteiger partial charge in [0, 0.05) is 22.3 Å². The lowest BCUT2D eigenvalue weighted by molar-refractivity contribution is 0.0893. The number of hydrogen-bond donors (Lipinski definition) is 0. The minimum atomic E-state index is -0.293. The molecule has 0 radical (unpaired) electrons. The summed E-state index contributed by atoms with van der Waals surface area (Å²) in [5.74, 6) is 0.232. The van der Waals surface area contributed by atoms with Crippen molar-refractivity contribution < 1.29 is 9.59 Å². The first-order chi connectivity index (χ1) is 17.7. The van der Waals surface area contributed by atoms with Crippen LogP contribution in [-0.2, 0) is 5.75 Å². The SMILES string of the molecule is O=C1c2cccc3cccc(c23)C(=O)N1c1ccc2nc(SCc3cccc4ccccc34)sc2c1. The lowest BCUT2D eigenvalue weighted by Gasteiger charge is -2.27. The van der Waals surface area contributed by atoms with Gasteiger partial charge in [0.25, 0.3) is 11.8 Å². The Bertz CT molecular complexity index is 1800. The zero-order valence-corrected chi connectivity index (χ0v) is 20.6. The standard InChI is InChI=1S/C30H18N2O2S2/c33-28-23-12-4-8-19-9-5-13-24(27(19)23)29(34)32(28)21-14-15-25-26(16-21)36-30(31-25)35-17-20-10-3-7-18-6-1-2-11-22(18)20/h1-16H,17H2. The minimum absolute atomic E-state index is 0.293. The van der Waals surface area contributed by atoms with Crippen molar-refractivity contribution in [1.82, 2.24) is 4.98 Å². The Morgan fingerprint density at radius 3 is 2.25 bits per heavy atom. The number of amides is 2. The van der Waals surface area contributed by atoms with Crippen LogP contribution in [0.15, 0.2) is 101 Å². The molecule has 5 aromatic carbocycles. The van der Waals surface area contributed by atoms with E-state index in [1.54, 1.807) is 35.2 Å². The summed E-state index contributed by atoms with van der Waals surface area (Å²) >= 11 is 3.29. The largest absolute Gasteiger partial charge is 0.268 e. The van der Waals surface area contributed by atoms with Crippen molar-refractivity contribution in [2.24, 2.45) is 0 Å². The third kappa shape index (κ3) is 3.33. The lowest BCUT2D eigenvalue weighted by atomic mass is 9.94. The van der Waals surface area contributed by atoms with Crippen LogP contribution in [0.1, 0.15) is 26.3 Å². The van der Waals surface area contributed by atoms with Gasteiger partial charge in [0.05, 0.1) is 15.9 Å². The molecule has 7 rings (SSSR count). The second-order valence-corrected chi connectivity index (χ2v) is 11.0. The predicted molar refractivity (Wildman–Crippen MR) is 148 cm³/mol. The molecule has 6 aromatic rings. The summed E-state index contributed by atoms with van der Waals surface area (Å²) in [6, 6.07) is 31.6. The highest BCUT2D eigenvalue weighted by atomic mass is 32.2. The zero-order valence-electron chi connectivity index (χ0n) is 19.0. The Kier molecular flexibility index (Phi) is 4.91. The summed E-state index contributed by atoms with van der Waals surface area (Å²) in [6.07, 6.45) is 0. The molecule has 1 aliphatic rings. The molecule has 1 aliphatic heterocycles. The first kappa shape index (κ1) is 21.3. The van der Waals surface area contributed by atoms with Crippen molar-refractivity contribution in [2.75, 3.05) is 4.90 Å². The zero-order chi connectivity index (χ0) is 24.2. The van der Waals surface area contributed by atoms with E-state index < -0.39 is 0 Å². The van der Waals surface area contributed by atoms with Crippen molar-refractivity contribution in [2.45, 2.75) is 10.1 Å². The molecule has 1 aromatic heterocycles. The van der Waals surface area contributed by atoms with Gasteiger partial charge in [-0.1, -0.05) is 78.5 Å². The fourth-order valence-electron chi connectivity index (χ4n) is 4.92. The summed E-state index contributed by atoms with van der Waals surface area (Å²) in [5, 5.41) is 4.13. The molecule has 36 heavy (non-hydrogen) atoms. The van der Waals surface area contributed by atoms with E-state index in [1.807, 2.05) is 42.5 Å². The molecule has 0 saturated heterocycles. The van der Waals surface area contributed by atoms with Crippen molar-refractivity contribution >= 4 is 72.4 Å². The smallest absolute Gasteiger partial charge is 0.265 e. The number of fused-ring (bicyclic) bond motifs is 2. The van der Waals surface area contributed by atoms with Crippen LogP contribution in [0.5, 0.6) is 0 Å². The number of thioether (sulfide) groups is 1. The molecule has 0 atom stereocenters. The molecule has 2 heterocycles. The topological polar surface area (TPSA) is 50.3 Å². The molecule has 2 amide bonds. The second-order valence-electron chi connectivity index (χ2n) is 8.71. The summed E-state index contributed by atoms with van der Waals surface area (Å²) in [4.78, 5) is 32.9. The summed E-state index contributed by atoms with van der Waals surface area (Å²) in [7, 11) is 0. The normalized spacial score (nSPS) is 13.3. The number of nitrogens with zero attached hydrogens (tertiary/aromatic N) is 2. The molecule has 4 nitrogen and oxygen atoms in total. The molecule has 0 spiro atoms. The summed E-state index contributed by atoms with van der Waals surface area (Å²) < 4.78 is 1.91. The Labute approximate surface area is 215 Å². The van der Waals surface area contributed by atoms with E-state index in [4.69, 9.17) is 4.98 Å². The van der Waals surface area contributed by atoms with Crippen LogP contribution >= 0.6 is 23.1 Å². The van der Waals surface area contributed by atoms with Gasteiger partial charge in [-0.2, -0.15) is 0 Å². The fraction of sp³-hybridized carbons (Fsp3) is 0.0333. The van der Waals surface area contributed by atoms with Gasteiger partial charge in [0.1, 0.15) is 0 Å². The quantitative estimate of drug-likeness (QED) is 0.183. The van der Waals surface area contributed by atoms with E-state index in [1.165, 1.54) is 21.2 Å². The number of benzene rings is 5. The predicted octanol–water partition coefficient (Wildman–Crippen LogP) is 7.70. The molecule has 172 valence electrons. The third-order valence-electron chi connectivity index (χ3n) is 6.61. The van der Waals surface area contributed by atoms with Crippen LogP contribution in [0, 0.1) is 0 Å². The van der Waals surface area contributed by atoms with Gasteiger partial charge in [0.15, 0.2) is 4.34 Å². The monoisotopic (exact) mass is 502 g/mol. The van der Waals surface area contributed by atoms with Crippen LogP contribution in [0.4, 0.5) is 5.69 Å². The van der Waals surface area contributed by atoms with E-state index >= 15 is 0 Å². The Hall–Kier alpha value is -4.00. The number of aromatic nitrogens is 1. The lowest BCUT2D eigenvalue weighted by Crippen LogP contribution is -2.40. The molecule has 0 fully saturated rings. The first-order valence-electron chi connectivity index (χ1n) is 11.6. The van der Waals surface area contributed by atoms with E-state index in [-0.39, 0.29) is 11.8 Å². The van der Waals surface area contributed by atoms with Crippen molar-refractivity contribution in [3.05, 3.63) is 114 Å². The van der Waals surface area contributed by atoms with Gasteiger partial charge < -0.3 is 0 Å². The number of rotatable bonds is 4. The highest BCUT2D eigenvalue weighted by molar-refractivity contribution is 8.00. The number of imide groups is 1. The maximum absolute atomic E-state index is 13.4. The van der Waals surface area contributed by atoms with Crippen molar-refractivity contribution in [3.63, 3.8) is 0 Å². The Morgan fingerprint density at radius 2 is 1.44 bits per heavy atom. The summed E-state index contributed by atoms with van der Waals surface area (Å²) in [5.41, 5.74) is 3.81. The van der Waals surface area contributed by atoms with E-state index in [9.17, 15) is 9.59 Å². The maximum Gasteiger partial charge on any atom is 0.265 e. The number of carbonyl (C=O) groups is 2. The number of anilines is 1. The molecule has 6 heteroatoms. The van der Waals surface area contributed by atoms with Crippen LogP contribution in [-0.4, -0.2) is 16.8 Å². The molecule has 0 bridgehead atoms. The van der Waals surface area contributed by atoms with Gasteiger partial charge in [-0.3, -0.25) is 9.59 Å². The molecular weight excluding hydrogens is 484 g/mol. The van der Waals surface area contributed by atoms with Crippen LogP contribution in [0.25, 0.3) is 31.8 Å². The number of carbonyl (C=O) groups excluding carboxylic acids is 2. The first-order valence-corrected chi connectivity index (χ1v) is 13.4. The van der Waals surface area contributed by atoms with Crippen molar-refractivity contribution in [3.8, 4) is 0 Å².